The zero-order valence-corrected chi connectivity index (χ0v) is 10.0. The van der Waals surface area contributed by atoms with E-state index < -0.39 is 5.97 Å². The maximum atomic E-state index is 11.6. The van der Waals surface area contributed by atoms with Crippen molar-refractivity contribution in [3.05, 3.63) is 23.2 Å². The summed E-state index contributed by atoms with van der Waals surface area (Å²) in [6.07, 6.45) is 4.50. The summed E-state index contributed by atoms with van der Waals surface area (Å²) in [7, 11) is 0. The van der Waals surface area contributed by atoms with E-state index >= 15 is 0 Å². The summed E-state index contributed by atoms with van der Waals surface area (Å²) >= 11 is 5.58. The number of carbonyl (C=O) groups is 1. The zero-order valence-electron chi connectivity index (χ0n) is 9.26. The van der Waals surface area contributed by atoms with Gasteiger partial charge in [-0.25, -0.2) is 14.8 Å². The first-order chi connectivity index (χ1) is 8.25. The van der Waals surface area contributed by atoms with Crippen molar-refractivity contribution in [3.63, 3.8) is 0 Å². The topological polar surface area (TPSA) is 61.3 Å². The monoisotopic (exact) mass is 256 g/mol. The highest BCUT2D eigenvalue weighted by Crippen LogP contribution is 2.15. The quantitative estimate of drug-likeness (QED) is 0.771. The molecule has 0 radical (unpaired) electrons. The predicted octanol–water partition coefficient (Wildman–Crippen LogP) is 1.71. The minimum absolute atomic E-state index is 0.182. The minimum atomic E-state index is -0.458. The largest absolute Gasteiger partial charge is 0.461 e. The lowest BCUT2D eigenvalue weighted by Crippen LogP contribution is -2.22. The summed E-state index contributed by atoms with van der Waals surface area (Å²) in [5.41, 5.74) is 0.182. The van der Waals surface area contributed by atoms with Gasteiger partial charge < -0.3 is 9.47 Å². The van der Waals surface area contributed by atoms with Crippen LogP contribution in [0.4, 0.5) is 0 Å². The van der Waals surface area contributed by atoms with E-state index in [2.05, 4.69) is 9.97 Å². The highest BCUT2D eigenvalue weighted by Gasteiger charge is 2.17. The van der Waals surface area contributed by atoms with Crippen LogP contribution in [0.5, 0.6) is 0 Å². The average Bonchev–Trinajstić information content (AvgIpc) is 2.38. The summed E-state index contributed by atoms with van der Waals surface area (Å²) < 4.78 is 10.4. The first-order valence-electron chi connectivity index (χ1n) is 5.48. The Labute approximate surface area is 104 Å². The molecule has 1 aromatic rings. The highest BCUT2D eigenvalue weighted by molar-refractivity contribution is 6.29. The van der Waals surface area contributed by atoms with Crippen molar-refractivity contribution in [2.24, 2.45) is 5.92 Å². The zero-order chi connectivity index (χ0) is 12.1. The van der Waals surface area contributed by atoms with Crippen LogP contribution in [-0.4, -0.2) is 35.8 Å². The van der Waals surface area contributed by atoms with Gasteiger partial charge in [-0.05, 0) is 18.8 Å². The van der Waals surface area contributed by atoms with Gasteiger partial charge in [-0.2, -0.15) is 0 Å². The summed E-state index contributed by atoms with van der Waals surface area (Å²) in [6.45, 7) is 1.89. The summed E-state index contributed by atoms with van der Waals surface area (Å²) in [4.78, 5) is 19.2. The number of hydrogen-bond donors (Lipinski definition) is 0. The molecule has 0 amide bonds. The van der Waals surface area contributed by atoms with E-state index in [1.807, 2.05) is 0 Å². The summed E-state index contributed by atoms with van der Waals surface area (Å²) in [5.74, 6) is -0.0754. The predicted molar refractivity (Wildman–Crippen MR) is 60.9 cm³/mol. The Kier molecular flexibility index (Phi) is 4.28. The van der Waals surface area contributed by atoms with Gasteiger partial charge in [-0.15, -0.1) is 0 Å². The third kappa shape index (κ3) is 3.64. The smallest absolute Gasteiger partial charge is 0.358 e. The van der Waals surface area contributed by atoms with E-state index in [1.54, 1.807) is 0 Å². The molecule has 0 bridgehead atoms. The number of halogens is 1. The van der Waals surface area contributed by atoms with E-state index in [-0.39, 0.29) is 10.8 Å². The molecule has 6 heteroatoms. The van der Waals surface area contributed by atoms with Gasteiger partial charge in [-0.1, -0.05) is 11.6 Å². The minimum Gasteiger partial charge on any atom is -0.461 e. The van der Waals surface area contributed by atoms with E-state index in [1.165, 1.54) is 12.4 Å². The molecule has 0 spiro atoms. The van der Waals surface area contributed by atoms with Crippen molar-refractivity contribution in [2.75, 3.05) is 19.8 Å². The molecule has 5 nitrogen and oxygen atoms in total. The maximum Gasteiger partial charge on any atom is 0.358 e. The molecule has 1 fully saturated rings. The van der Waals surface area contributed by atoms with Gasteiger partial charge in [0.05, 0.1) is 19.0 Å². The van der Waals surface area contributed by atoms with Crippen LogP contribution in [0.25, 0.3) is 0 Å². The molecule has 92 valence electrons. The fraction of sp³-hybridized carbons (Fsp3) is 0.545. The first-order valence-corrected chi connectivity index (χ1v) is 5.86. The van der Waals surface area contributed by atoms with E-state index in [0.29, 0.717) is 12.5 Å². The number of carbonyl (C=O) groups excluding carboxylic acids is 1. The molecule has 2 heterocycles. The molecule has 0 unspecified atom stereocenters. The number of esters is 1. The van der Waals surface area contributed by atoms with Crippen molar-refractivity contribution in [1.29, 1.82) is 0 Å². The van der Waals surface area contributed by atoms with Crippen LogP contribution in [-0.2, 0) is 9.47 Å². The molecule has 1 aliphatic rings. The van der Waals surface area contributed by atoms with Gasteiger partial charge in [0.15, 0.2) is 5.69 Å². The molecule has 1 aromatic heterocycles. The first kappa shape index (κ1) is 12.3. The van der Waals surface area contributed by atoms with Crippen molar-refractivity contribution >= 4 is 17.6 Å². The Bertz CT molecular complexity index is 377. The third-order valence-electron chi connectivity index (χ3n) is 2.62. The second-order valence-electron chi connectivity index (χ2n) is 3.88. The fourth-order valence-electron chi connectivity index (χ4n) is 1.60. The molecule has 1 aliphatic heterocycles. The molecule has 0 aliphatic carbocycles. The molecule has 0 aromatic carbocycles. The van der Waals surface area contributed by atoms with Crippen LogP contribution in [0, 0.1) is 5.92 Å². The Hall–Kier alpha value is -1.20. The van der Waals surface area contributed by atoms with Gasteiger partial charge in [0, 0.05) is 13.2 Å². The number of aromatic nitrogens is 2. The molecular formula is C11H13ClN2O3. The van der Waals surface area contributed by atoms with Crippen LogP contribution >= 0.6 is 11.6 Å². The molecular weight excluding hydrogens is 244 g/mol. The number of rotatable bonds is 3. The van der Waals surface area contributed by atoms with E-state index in [0.717, 1.165) is 26.1 Å². The Morgan fingerprint density at radius 3 is 2.82 bits per heavy atom. The van der Waals surface area contributed by atoms with Crippen molar-refractivity contribution in [1.82, 2.24) is 9.97 Å². The summed E-state index contributed by atoms with van der Waals surface area (Å²) in [5, 5.41) is 0.256. The lowest BCUT2D eigenvalue weighted by atomic mass is 10.0. The lowest BCUT2D eigenvalue weighted by molar-refractivity contribution is 0.0181. The fourth-order valence-corrected chi connectivity index (χ4v) is 1.70. The van der Waals surface area contributed by atoms with Crippen molar-refractivity contribution in [3.8, 4) is 0 Å². The molecule has 0 N–H and O–H groups in total. The van der Waals surface area contributed by atoms with Gasteiger partial charge >= 0.3 is 5.97 Å². The number of ether oxygens (including phenoxy) is 2. The van der Waals surface area contributed by atoms with E-state index in [4.69, 9.17) is 21.1 Å². The van der Waals surface area contributed by atoms with Crippen LogP contribution in [0.2, 0.25) is 5.15 Å². The maximum absolute atomic E-state index is 11.6. The molecule has 2 rings (SSSR count). The van der Waals surface area contributed by atoms with Crippen molar-refractivity contribution < 1.29 is 14.3 Å². The van der Waals surface area contributed by atoms with Gasteiger partial charge in [0.2, 0.25) is 0 Å². The Balaban J connectivity index is 1.82. The van der Waals surface area contributed by atoms with Crippen LogP contribution in [0.3, 0.4) is 0 Å². The lowest BCUT2D eigenvalue weighted by Gasteiger charge is -2.21. The second kappa shape index (κ2) is 5.93. The summed E-state index contributed by atoms with van der Waals surface area (Å²) in [6, 6.07) is 0. The Morgan fingerprint density at radius 2 is 2.18 bits per heavy atom. The van der Waals surface area contributed by atoms with Gasteiger partial charge in [0.25, 0.3) is 0 Å². The highest BCUT2D eigenvalue weighted by atomic mass is 35.5. The van der Waals surface area contributed by atoms with Crippen LogP contribution < -0.4 is 0 Å². The molecule has 0 saturated carbocycles. The van der Waals surface area contributed by atoms with Crippen LogP contribution in [0.1, 0.15) is 23.3 Å². The number of nitrogens with zero attached hydrogens (tertiary/aromatic N) is 2. The van der Waals surface area contributed by atoms with E-state index in [9.17, 15) is 4.79 Å². The van der Waals surface area contributed by atoms with Gasteiger partial charge in [-0.3, -0.25) is 0 Å². The standard InChI is InChI=1S/C11H13ClN2O3/c12-10-6-13-9(5-14-10)11(15)17-7-8-1-3-16-4-2-8/h5-6,8H,1-4,7H2. The number of hydrogen-bond acceptors (Lipinski definition) is 5. The Morgan fingerprint density at radius 1 is 1.41 bits per heavy atom. The van der Waals surface area contributed by atoms with Crippen LogP contribution in [0.15, 0.2) is 12.4 Å². The molecule has 0 atom stereocenters. The van der Waals surface area contributed by atoms with Gasteiger partial charge in [0.1, 0.15) is 5.15 Å². The second-order valence-corrected chi connectivity index (χ2v) is 4.27. The normalized spacial score (nSPS) is 16.8. The SMILES string of the molecule is O=C(OCC1CCOCC1)c1cnc(Cl)cn1. The third-order valence-corrected chi connectivity index (χ3v) is 2.82. The van der Waals surface area contributed by atoms with Crippen molar-refractivity contribution in [2.45, 2.75) is 12.8 Å². The molecule has 17 heavy (non-hydrogen) atoms. The molecule has 1 saturated heterocycles. The average molecular weight is 257 g/mol.